The van der Waals surface area contributed by atoms with E-state index in [1.165, 1.54) is 12.7 Å². The molecule has 1 aromatic carbocycles. The summed E-state index contributed by atoms with van der Waals surface area (Å²) in [6.07, 6.45) is 3.83. The molecule has 3 heteroatoms. The fraction of sp³-hybridized carbons (Fsp3) is 0.562. The minimum atomic E-state index is -0.470. The van der Waals surface area contributed by atoms with Crippen LogP contribution >= 0.6 is 0 Å². The lowest BCUT2D eigenvalue weighted by Gasteiger charge is -2.38. The monoisotopic (exact) mass is 260 g/mol. The number of methoxy groups -OCH3 is 1. The third-order valence-corrected chi connectivity index (χ3v) is 4.75. The highest BCUT2D eigenvalue weighted by molar-refractivity contribution is 5.79. The third-order valence-electron chi connectivity index (χ3n) is 4.75. The van der Waals surface area contributed by atoms with Crippen molar-refractivity contribution in [2.75, 3.05) is 7.11 Å². The molecule has 1 saturated carbocycles. The van der Waals surface area contributed by atoms with Crippen molar-refractivity contribution >= 4 is 5.97 Å². The smallest absolute Gasteiger partial charge is 0.348 e. The van der Waals surface area contributed by atoms with Gasteiger partial charge in [-0.05, 0) is 37.7 Å². The van der Waals surface area contributed by atoms with E-state index in [0.717, 1.165) is 37.4 Å². The van der Waals surface area contributed by atoms with Crippen LogP contribution < -0.4 is 4.74 Å². The number of hydrogen-bond acceptors (Lipinski definition) is 3. The van der Waals surface area contributed by atoms with Gasteiger partial charge in [-0.2, -0.15) is 0 Å². The van der Waals surface area contributed by atoms with Gasteiger partial charge in [-0.15, -0.1) is 0 Å². The van der Waals surface area contributed by atoms with Gasteiger partial charge in [-0.1, -0.05) is 25.1 Å². The topological polar surface area (TPSA) is 35.5 Å². The summed E-state index contributed by atoms with van der Waals surface area (Å²) < 4.78 is 10.9. The normalized spacial score (nSPS) is 32.7. The predicted octanol–water partition coefficient (Wildman–Crippen LogP) is 3.07. The molecule has 1 aliphatic heterocycles. The highest BCUT2D eigenvalue weighted by Crippen LogP contribution is 2.52. The van der Waals surface area contributed by atoms with E-state index in [0.29, 0.717) is 0 Å². The van der Waals surface area contributed by atoms with Crippen molar-refractivity contribution in [2.24, 2.45) is 5.92 Å². The molecule has 1 aromatic rings. The summed E-state index contributed by atoms with van der Waals surface area (Å²) >= 11 is 0. The van der Waals surface area contributed by atoms with E-state index in [1.54, 1.807) is 0 Å². The number of carbonyl (C=O) groups excluding carboxylic acids is 1. The molecule has 1 aliphatic carbocycles. The highest BCUT2D eigenvalue weighted by Gasteiger charge is 2.53. The van der Waals surface area contributed by atoms with Crippen LogP contribution in [0.15, 0.2) is 24.3 Å². The Morgan fingerprint density at radius 1 is 1.32 bits per heavy atom. The van der Waals surface area contributed by atoms with Gasteiger partial charge in [-0.3, -0.25) is 0 Å². The van der Waals surface area contributed by atoms with Gasteiger partial charge in [0.25, 0.3) is 0 Å². The lowest BCUT2D eigenvalue weighted by Crippen LogP contribution is -2.46. The number of fused-ring (bicyclic) bond motifs is 2. The van der Waals surface area contributed by atoms with Crippen LogP contribution in [0.2, 0.25) is 0 Å². The number of benzene rings is 1. The van der Waals surface area contributed by atoms with Gasteiger partial charge in [0, 0.05) is 11.0 Å². The Morgan fingerprint density at radius 3 is 2.68 bits per heavy atom. The summed E-state index contributed by atoms with van der Waals surface area (Å²) in [5.74, 6) is 1.34. The SMILES string of the molecule is COC(=O)C1Oc2ccccc2C12CCC(C)CC2. The summed E-state index contributed by atoms with van der Waals surface area (Å²) in [5.41, 5.74) is 1.02. The molecule has 1 unspecified atom stereocenters. The minimum Gasteiger partial charge on any atom is -0.477 e. The lowest BCUT2D eigenvalue weighted by molar-refractivity contribution is -0.152. The fourth-order valence-electron chi connectivity index (χ4n) is 3.55. The molecule has 19 heavy (non-hydrogen) atoms. The van der Waals surface area contributed by atoms with Crippen molar-refractivity contribution in [3.63, 3.8) is 0 Å². The summed E-state index contributed by atoms with van der Waals surface area (Å²) in [6.45, 7) is 2.28. The number of esters is 1. The van der Waals surface area contributed by atoms with Gasteiger partial charge in [-0.25, -0.2) is 4.79 Å². The molecule has 0 N–H and O–H groups in total. The molecule has 2 aliphatic rings. The maximum Gasteiger partial charge on any atom is 0.348 e. The summed E-state index contributed by atoms with van der Waals surface area (Å²) in [7, 11) is 1.44. The second-order valence-electron chi connectivity index (χ2n) is 5.86. The van der Waals surface area contributed by atoms with Crippen LogP contribution in [-0.4, -0.2) is 19.2 Å². The third kappa shape index (κ3) is 1.83. The Hall–Kier alpha value is -1.51. The zero-order chi connectivity index (χ0) is 13.5. The van der Waals surface area contributed by atoms with Crippen molar-refractivity contribution in [3.8, 4) is 5.75 Å². The van der Waals surface area contributed by atoms with Crippen molar-refractivity contribution in [2.45, 2.75) is 44.1 Å². The largest absolute Gasteiger partial charge is 0.477 e. The van der Waals surface area contributed by atoms with Crippen LogP contribution in [0.1, 0.15) is 38.2 Å². The molecule has 1 atom stereocenters. The van der Waals surface area contributed by atoms with E-state index < -0.39 is 6.10 Å². The molecular formula is C16H20O3. The second-order valence-corrected chi connectivity index (χ2v) is 5.86. The van der Waals surface area contributed by atoms with Crippen LogP contribution in [0.3, 0.4) is 0 Å². The second kappa shape index (κ2) is 4.55. The average molecular weight is 260 g/mol. The molecular weight excluding hydrogens is 240 g/mol. The van der Waals surface area contributed by atoms with E-state index in [4.69, 9.17) is 9.47 Å². The van der Waals surface area contributed by atoms with Gasteiger partial charge in [0.15, 0.2) is 0 Å². The molecule has 1 spiro atoms. The van der Waals surface area contributed by atoms with Crippen molar-refractivity contribution in [3.05, 3.63) is 29.8 Å². The molecule has 0 amide bonds. The molecule has 0 aromatic heterocycles. The highest BCUT2D eigenvalue weighted by atomic mass is 16.6. The van der Waals surface area contributed by atoms with E-state index in [1.807, 2.05) is 18.2 Å². The summed E-state index contributed by atoms with van der Waals surface area (Å²) in [6, 6.07) is 8.05. The van der Waals surface area contributed by atoms with Crippen LogP contribution in [0.4, 0.5) is 0 Å². The Bertz CT molecular complexity index is 487. The molecule has 3 rings (SSSR count). The lowest BCUT2D eigenvalue weighted by atomic mass is 9.65. The van der Waals surface area contributed by atoms with Gasteiger partial charge in [0.1, 0.15) is 5.75 Å². The van der Waals surface area contributed by atoms with Gasteiger partial charge >= 0.3 is 5.97 Å². The number of hydrogen-bond donors (Lipinski definition) is 0. The van der Waals surface area contributed by atoms with Crippen molar-refractivity contribution < 1.29 is 14.3 Å². The van der Waals surface area contributed by atoms with Gasteiger partial charge in [0.05, 0.1) is 7.11 Å². The van der Waals surface area contributed by atoms with Crippen LogP contribution in [0.5, 0.6) is 5.75 Å². The first-order valence-corrected chi connectivity index (χ1v) is 7.01. The first-order chi connectivity index (χ1) is 9.17. The van der Waals surface area contributed by atoms with Gasteiger partial charge in [0.2, 0.25) is 6.10 Å². The van der Waals surface area contributed by atoms with E-state index in [-0.39, 0.29) is 11.4 Å². The Kier molecular flexibility index (Phi) is 3.00. The maximum absolute atomic E-state index is 12.1. The number of ether oxygens (including phenoxy) is 2. The predicted molar refractivity (Wildman–Crippen MR) is 72.2 cm³/mol. The quantitative estimate of drug-likeness (QED) is 0.728. The Balaban J connectivity index is 2.03. The molecule has 0 saturated heterocycles. The fourth-order valence-corrected chi connectivity index (χ4v) is 3.55. The molecule has 0 bridgehead atoms. The van der Waals surface area contributed by atoms with Crippen LogP contribution in [0, 0.1) is 5.92 Å². The molecule has 102 valence electrons. The molecule has 3 nitrogen and oxygen atoms in total. The van der Waals surface area contributed by atoms with E-state index >= 15 is 0 Å². The zero-order valence-electron chi connectivity index (χ0n) is 11.5. The first kappa shape index (κ1) is 12.5. The van der Waals surface area contributed by atoms with Crippen LogP contribution in [-0.2, 0) is 14.9 Å². The first-order valence-electron chi connectivity index (χ1n) is 7.01. The van der Waals surface area contributed by atoms with E-state index in [9.17, 15) is 4.79 Å². The summed E-state index contributed by atoms with van der Waals surface area (Å²) in [4.78, 5) is 12.1. The number of para-hydroxylation sites is 1. The standard InChI is InChI=1S/C16H20O3/c1-11-7-9-16(10-8-11)12-5-3-4-6-13(12)19-14(16)15(17)18-2/h3-6,11,14H,7-10H2,1-2H3. The number of carbonyl (C=O) groups is 1. The van der Waals surface area contributed by atoms with E-state index in [2.05, 4.69) is 13.0 Å². The molecule has 0 radical (unpaired) electrons. The average Bonchev–Trinajstić information content (AvgIpc) is 2.76. The maximum atomic E-state index is 12.1. The minimum absolute atomic E-state index is 0.170. The molecule has 1 heterocycles. The molecule has 1 fully saturated rings. The van der Waals surface area contributed by atoms with Crippen LogP contribution in [0.25, 0.3) is 0 Å². The Labute approximate surface area is 113 Å². The van der Waals surface area contributed by atoms with Crippen molar-refractivity contribution in [1.29, 1.82) is 0 Å². The van der Waals surface area contributed by atoms with Gasteiger partial charge < -0.3 is 9.47 Å². The number of rotatable bonds is 1. The zero-order valence-corrected chi connectivity index (χ0v) is 11.5. The Morgan fingerprint density at radius 2 is 2.00 bits per heavy atom. The summed E-state index contributed by atoms with van der Waals surface area (Å²) in [5, 5.41) is 0. The van der Waals surface area contributed by atoms with Crippen molar-refractivity contribution in [1.82, 2.24) is 0 Å².